The van der Waals surface area contributed by atoms with Gasteiger partial charge in [0.2, 0.25) is 0 Å². The topological polar surface area (TPSA) is 45.2 Å². The Labute approximate surface area is 171 Å². The van der Waals surface area contributed by atoms with Crippen molar-refractivity contribution < 1.29 is 4.79 Å². The van der Waals surface area contributed by atoms with Crippen molar-refractivity contribution in [1.29, 1.82) is 0 Å². The maximum atomic E-state index is 12.5. The smallest absolute Gasteiger partial charge is 0.251 e. The third kappa shape index (κ3) is 5.60. The molecule has 5 heteroatoms. The van der Waals surface area contributed by atoms with Gasteiger partial charge in [0.1, 0.15) is 0 Å². The van der Waals surface area contributed by atoms with Crippen LogP contribution in [0.2, 0.25) is 0 Å². The zero-order valence-corrected chi connectivity index (χ0v) is 17.0. The molecule has 0 saturated carbocycles. The maximum Gasteiger partial charge on any atom is 0.251 e. The second-order valence-corrected chi connectivity index (χ2v) is 7.73. The van der Waals surface area contributed by atoms with Crippen molar-refractivity contribution in [2.75, 3.05) is 18.5 Å². The number of nitrogens with zero attached hydrogens (tertiary/aromatic N) is 2. The van der Waals surface area contributed by atoms with Crippen LogP contribution < -0.4 is 10.2 Å². The lowest BCUT2D eigenvalue weighted by Gasteiger charge is -2.27. The highest BCUT2D eigenvalue weighted by atomic mass is 32.2. The molecule has 4 nitrogen and oxygen atoms in total. The Balaban J connectivity index is 1.49. The molecule has 28 heavy (non-hydrogen) atoms. The predicted octanol–water partition coefficient (Wildman–Crippen LogP) is 4.63. The zero-order chi connectivity index (χ0) is 19.8. The number of para-hydroxylation sites is 1. The average molecular weight is 392 g/mol. The molecule has 1 aromatic heterocycles. The molecule has 1 N–H and O–H groups in total. The van der Waals surface area contributed by atoms with Crippen molar-refractivity contribution in [1.82, 2.24) is 10.3 Å². The third-order valence-corrected chi connectivity index (χ3v) is 5.71. The van der Waals surface area contributed by atoms with Gasteiger partial charge in [-0.1, -0.05) is 24.3 Å². The highest BCUT2D eigenvalue weighted by molar-refractivity contribution is 7.98. The summed E-state index contributed by atoms with van der Waals surface area (Å²) in [6.45, 7) is 2.69. The monoisotopic (exact) mass is 391 g/mol. The third-order valence-electron chi connectivity index (χ3n) is 4.63. The van der Waals surface area contributed by atoms with Gasteiger partial charge in [0.15, 0.2) is 0 Å². The SMILES string of the molecule is CC(CNC(=O)c1ccc(SCc2cccnc2)cc1)N(C)c1ccccc1. The van der Waals surface area contributed by atoms with Gasteiger partial charge >= 0.3 is 0 Å². The number of nitrogens with one attached hydrogen (secondary N) is 1. The van der Waals surface area contributed by atoms with E-state index in [2.05, 4.69) is 40.3 Å². The Morgan fingerprint density at radius 2 is 1.82 bits per heavy atom. The molecular weight excluding hydrogens is 366 g/mol. The fourth-order valence-corrected chi connectivity index (χ4v) is 3.58. The molecule has 2 aromatic carbocycles. The first-order chi connectivity index (χ1) is 13.6. The van der Waals surface area contributed by atoms with Crippen LogP contribution in [0.1, 0.15) is 22.8 Å². The number of pyridine rings is 1. The summed E-state index contributed by atoms with van der Waals surface area (Å²) in [5.41, 5.74) is 3.00. The first-order valence-corrected chi connectivity index (χ1v) is 10.3. The van der Waals surface area contributed by atoms with E-state index in [0.29, 0.717) is 12.1 Å². The van der Waals surface area contributed by atoms with Gasteiger partial charge < -0.3 is 10.2 Å². The number of likely N-dealkylation sites (N-methyl/N-ethyl adjacent to an activating group) is 1. The second kappa shape index (κ2) is 9.95. The van der Waals surface area contributed by atoms with Crippen molar-refractivity contribution >= 4 is 23.4 Å². The molecule has 0 saturated heterocycles. The van der Waals surface area contributed by atoms with Gasteiger partial charge in [-0.05, 0) is 55.0 Å². The largest absolute Gasteiger partial charge is 0.370 e. The van der Waals surface area contributed by atoms with Crippen molar-refractivity contribution in [3.63, 3.8) is 0 Å². The normalized spacial score (nSPS) is 11.6. The number of carbonyl (C=O) groups is 1. The summed E-state index contributed by atoms with van der Waals surface area (Å²) in [4.78, 5) is 19.9. The Kier molecular flexibility index (Phi) is 7.09. The first kappa shape index (κ1) is 20.0. The zero-order valence-electron chi connectivity index (χ0n) is 16.2. The van der Waals surface area contributed by atoms with Gasteiger partial charge in [-0.3, -0.25) is 9.78 Å². The van der Waals surface area contributed by atoms with E-state index in [1.807, 2.05) is 61.8 Å². The van der Waals surface area contributed by atoms with Crippen molar-refractivity contribution in [3.05, 3.63) is 90.3 Å². The summed E-state index contributed by atoms with van der Waals surface area (Å²) in [6.07, 6.45) is 3.66. The predicted molar refractivity (Wildman–Crippen MR) is 117 cm³/mol. The summed E-state index contributed by atoms with van der Waals surface area (Å²) in [7, 11) is 2.04. The van der Waals surface area contributed by atoms with Gasteiger partial charge in [0.25, 0.3) is 5.91 Å². The molecule has 1 heterocycles. The Hall–Kier alpha value is -2.79. The molecule has 1 unspecified atom stereocenters. The Morgan fingerprint density at radius 1 is 1.07 bits per heavy atom. The standard InChI is InChI=1S/C23H25N3OS/c1-18(26(2)21-8-4-3-5-9-21)15-25-23(27)20-10-12-22(13-11-20)28-17-19-7-6-14-24-16-19/h3-14,16,18H,15,17H2,1-2H3,(H,25,27). The van der Waals surface area contributed by atoms with Gasteiger partial charge in [0.05, 0.1) is 0 Å². The molecule has 144 valence electrons. The number of benzene rings is 2. The number of hydrogen-bond acceptors (Lipinski definition) is 4. The molecule has 3 aromatic rings. The highest BCUT2D eigenvalue weighted by Gasteiger charge is 2.12. The molecule has 0 aliphatic carbocycles. The number of amides is 1. The molecule has 0 fully saturated rings. The van der Waals surface area contributed by atoms with Crippen LogP contribution in [0.3, 0.4) is 0 Å². The van der Waals surface area contributed by atoms with Crippen LogP contribution >= 0.6 is 11.8 Å². The van der Waals surface area contributed by atoms with E-state index in [9.17, 15) is 4.79 Å². The number of aromatic nitrogens is 1. The summed E-state index contributed by atoms with van der Waals surface area (Å²) < 4.78 is 0. The van der Waals surface area contributed by atoms with E-state index in [1.165, 1.54) is 5.56 Å². The van der Waals surface area contributed by atoms with Gasteiger partial charge in [-0.15, -0.1) is 11.8 Å². The number of thioether (sulfide) groups is 1. The van der Waals surface area contributed by atoms with E-state index in [-0.39, 0.29) is 11.9 Å². The molecule has 0 aliphatic rings. The molecule has 1 atom stereocenters. The van der Waals surface area contributed by atoms with E-state index < -0.39 is 0 Å². The highest BCUT2D eigenvalue weighted by Crippen LogP contribution is 2.22. The van der Waals surface area contributed by atoms with Crippen LogP contribution in [0.15, 0.2) is 84.0 Å². The van der Waals surface area contributed by atoms with Crippen molar-refractivity contribution in [3.8, 4) is 0 Å². The molecule has 0 aliphatic heterocycles. The summed E-state index contributed by atoms with van der Waals surface area (Å²) in [6, 6.07) is 22.1. The second-order valence-electron chi connectivity index (χ2n) is 6.68. The van der Waals surface area contributed by atoms with Crippen LogP contribution in [-0.2, 0) is 5.75 Å². The van der Waals surface area contributed by atoms with Crippen LogP contribution in [-0.4, -0.2) is 30.5 Å². The van der Waals surface area contributed by atoms with Crippen LogP contribution in [0.4, 0.5) is 5.69 Å². The number of anilines is 1. The summed E-state index contributed by atoms with van der Waals surface area (Å²) in [5, 5.41) is 3.03. The minimum atomic E-state index is -0.0443. The molecule has 0 bridgehead atoms. The summed E-state index contributed by atoms with van der Waals surface area (Å²) >= 11 is 1.74. The first-order valence-electron chi connectivity index (χ1n) is 9.31. The van der Waals surface area contributed by atoms with Gasteiger partial charge in [-0.2, -0.15) is 0 Å². The lowest BCUT2D eigenvalue weighted by Crippen LogP contribution is -2.40. The van der Waals surface area contributed by atoms with E-state index >= 15 is 0 Å². The van der Waals surface area contributed by atoms with Crippen molar-refractivity contribution in [2.45, 2.75) is 23.6 Å². The maximum absolute atomic E-state index is 12.5. The van der Waals surface area contributed by atoms with Crippen LogP contribution in [0.5, 0.6) is 0 Å². The van der Waals surface area contributed by atoms with Crippen LogP contribution in [0, 0.1) is 0 Å². The molecule has 1 amide bonds. The Bertz CT molecular complexity index is 869. The minimum absolute atomic E-state index is 0.0443. The van der Waals surface area contributed by atoms with Gasteiger partial charge in [-0.25, -0.2) is 0 Å². The number of hydrogen-bond donors (Lipinski definition) is 1. The fraction of sp³-hybridized carbons (Fsp3) is 0.217. The molecular formula is C23H25N3OS. The fourth-order valence-electron chi connectivity index (χ4n) is 2.75. The number of rotatable bonds is 8. The van der Waals surface area contributed by atoms with Crippen LogP contribution in [0.25, 0.3) is 0 Å². The lowest BCUT2D eigenvalue weighted by atomic mass is 10.2. The quantitative estimate of drug-likeness (QED) is 0.569. The summed E-state index contributed by atoms with van der Waals surface area (Å²) in [5.74, 6) is 0.819. The molecule has 3 rings (SSSR count). The Morgan fingerprint density at radius 3 is 2.50 bits per heavy atom. The lowest BCUT2D eigenvalue weighted by molar-refractivity contribution is 0.0951. The van der Waals surface area contributed by atoms with E-state index in [0.717, 1.165) is 16.3 Å². The van der Waals surface area contributed by atoms with Crippen molar-refractivity contribution in [2.24, 2.45) is 0 Å². The van der Waals surface area contributed by atoms with E-state index in [4.69, 9.17) is 0 Å². The minimum Gasteiger partial charge on any atom is -0.370 e. The van der Waals surface area contributed by atoms with Gasteiger partial charge in [0, 0.05) is 53.9 Å². The molecule has 0 radical (unpaired) electrons. The molecule has 0 spiro atoms. The van der Waals surface area contributed by atoms with E-state index in [1.54, 1.807) is 18.0 Å². The average Bonchev–Trinajstić information content (AvgIpc) is 2.77. The number of carbonyl (C=O) groups excluding carboxylic acids is 1.